The van der Waals surface area contributed by atoms with E-state index in [0.29, 0.717) is 4.90 Å². The molecular formula is C18H23NO2S. The molecule has 0 aromatic heterocycles. The minimum Gasteiger partial charge on any atom is -0.279 e. The van der Waals surface area contributed by atoms with Gasteiger partial charge in [0.25, 0.3) is 10.0 Å². The predicted molar refractivity (Wildman–Crippen MR) is 91.7 cm³/mol. The largest absolute Gasteiger partial charge is 0.279 e. The summed E-state index contributed by atoms with van der Waals surface area (Å²) < 4.78 is 28.0. The molecule has 0 aliphatic carbocycles. The maximum absolute atomic E-state index is 12.6. The number of benzene rings is 2. The van der Waals surface area contributed by atoms with E-state index in [0.717, 1.165) is 42.5 Å². The van der Waals surface area contributed by atoms with Crippen molar-refractivity contribution in [2.45, 2.75) is 44.4 Å². The molecule has 0 saturated heterocycles. The lowest BCUT2D eigenvalue weighted by molar-refractivity contribution is 0.601. The normalized spacial score (nSPS) is 11.4. The van der Waals surface area contributed by atoms with Gasteiger partial charge in [-0.15, -0.1) is 0 Å². The lowest BCUT2D eigenvalue weighted by atomic mass is 10.0. The van der Waals surface area contributed by atoms with Gasteiger partial charge in [0.2, 0.25) is 0 Å². The average Bonchev–Trinajstić information content (AvgIpc) is 2.52. The molecule has 2 aromatic rings. The molecule has 0 heterocycles. The Hall–Kier alpha value is -1.81. The van der Waals surface area contributed by atoms with E-state index in [1.54, 1.807) is 24.3 Å². The number of anilines is 1. The molecule has 118 valence electrons. The summed E-state index contributed by atoms with van der Waals surface area (Å²) in [5.41, 5.74) is 2.89. The van der Waals surface area contributed by atoms with Crippen molar-refractivity contribution in [3.63, 3.8) is 0 Å². The lowest BCUT2D eigenvalue weighted by Gasteiger charge is -2.16. The third-order valence-electron chi connectivity index (χ3n) is 3.57. The zero-order valence-electron chi connectivity index (χ0n) is 13.2. The van der Waals surface area contributed by atoms with E-state index in [1.165, 1.54) is 0 Å². The molecule has 0 aliphatic heterocycles. The van der Waals surface area contributed by atoms with E-state index in [1.807, 2.05) is 24.3 Å². The second-order valence-corrected chi connectivity index (χ2v) is 7.05. The molecule has 4 heteroatoms. The summed E-state index contributed by atoms with van der Waals surface area (Å²) in [6.45, 7) is 4.20. The van der Waals surface area contributed by atoms with Gasteiger partial charge in [-0.2, -0.15) is 0 Å². The summed E-state index contributed by atoms with van der Waals surface area (Å²) in [6, 6.07) is 14.5. The smallest absolute Gasteiger partial charge is 0.261 e. The Morgan fingerprint density at radius 3 is 1.86 bits per heavy atom. The van der Waals surface area contributed by atoms with Crippen LogP contribution in [0.15, 0.2) is 53.4 Å². The first-order valence-electron chi connectivity index (χ1n) is 7.77. The maximum Gasteiger partial charge on any atom is 0.261 e. The second kappa shape index (κ2) is 7.45. The summed E-state index contributed by atoms with van der Waals surface area (Å²) in [5.74, 6) is 0. The zero-order chi connectivity index (χ0) is 16.0. The van der Waals surface area contributed by atoms with Gasteiger partial charge in [0.15, 0.2) is 0 Å². The van der Waals surface area contributed by atoms with Crippen LogP contribution in [0.2, 0.25) is 0 Å². The standard InChI is InChI=1S/C18H23NO2S/c1-3-9-15-11-8-12-16(10-4-2)18(15)19-22(20,21)17-13-6-5-7-14-17/h5-8,11-14,19H,3-4,9-10H2,1-2H3. The first-order valence-corrected chi connectivity index (χ1v) is 9.25. The highest BCUT2D eigenvalue weighted by molar-refractivity contribution is 7.92. The van der Waals surface area contributed by atoms with Crippen molar-refractivity contribution in [3.05, 3.63) is 59.7 Å². The Morgan fingerprint density at radius 1 is 0.818 bits per heavy atom. The number of sulfonamides is 1. The average molecular weight is 317 g/mol. The van der Waals surface area contributed by atoms with Gasteiger partial charge in [-0.3, -0.25) is 4.72 Å². The van der Waals surface area contributed by atoms with Crippen molar-refractivity contribution in [2.24, 2.45) is 0 Å². The van der Waals surface area contributed by atoms with E-state index < -0.39 is 10.0 Å². The minimum absolute atomic E-state index is 0.295. The topological polar surface area (TPSA) is 46.2 Å². The third-order valence-corrected chi connectivity index (χ3v) is 4.93. The van der Waals surface area contributed by atoms with Gasteiger partial charge in [0.1, 0.15) is 0 Å². The van der Waals surface area contributed by atoms with Gasteiger partial charge in [-0.1, -0.05) is 63.1 Å². The van der Waals surface area contributed by atoms with Crippen LogP contribution in [0, 0.1) is 0 Å². The molecule has 22 heavy (non-hydrogen) atoms. The summed E-state index contributed by atoms with van der Waals surface area (Å²) >= 11 is 0. The van der Waals surface area contributed by atoms with E-state index in [-0.39, 0.29) is 0 Å². The Bertz CT molecular complexity index is 685. The fourth-order valence-electron chi connectivity index (χ4n) is 2.53. The third kappa shape index (κ3) is 3.89. The fourth-order valence-corrected chi connectivity index (χ4v) is 3.70. The molecular weight excluding hydrogens is 294 g/mol. The van der Waals surface area contributed by atoms with Crippen LogP contribution in [0.4, 0.5) is 5.69 Å². The van der Waals surface area contributed by atoms with Crippen LogP contribution < -0.4 is 4.72 Å². The number of nitrogens with one attached hydrogen (secondary N) is 1. The Kier molecular flexibility index (Phi) is 5.61. The Balaban J connectivity index is 2.43. The van der Waals surface area contributed by atoms with Crippen molar-refractivity contribution >= 4 is 15.7 Å². The molecule has 0 saturated carbocycles. The molecule has 0 unspecified atom stereocenters. The molecule has 0 bridgehead atoms. The number of rotatable bonds is 7. The molecule has 0 spiro atoms. The van der Waals surface area contributed by atoms with Gasteiger partial charge in [-0.05, 0) is 36.1 Å². The summed E-state index contributed by atoms with van der Waals surface area (Å²) in [6.07, 6.45) is 3.69. The Morgan fingerprint density at radius 2 is 1.36 bits per heavy atom. The summed E-state index contributed by atoms with van der Waals surface area (Å²) in [5, 5.41) is 0. The van der Waals surface area contributed by atoms with Crippen molar-refractivity contribution < 1.29 is 8.42 Å². The molecule has 2 rings (SSSR count). The summed E-state index contributed by atoms with van der Waals surface area (Å²) in [4.78, 5) is 0.295. The first-order chi connectivity index (χ1) is 10.6. The molecule has 3 nitrogen and oxygen atoms in total. The SMILES string of the molecule is CCCc1cccc(CCC)c1NS(=O)(=O)c1ccccc1. The number of aryl methyl sites for hydroxylation is 2. The van der Waals surface area contributed by atoms with E-state index in [4.69, 9.17) is 0 Å². The van der Waals surface area contributed by atoms with Crippen molar-refractivity contribution in [1.29, 1.82) is 0 Å². The van der Waals surface area contributed by atoms with Crippen LogP contribution in [0.5, 0.6) is 0 Å². The van der Waals surface area contributed by atoms with E-state index >= 15 is 0 Å². The van der Waals surface area contributed by atoms with Gasteiger partial charge in [0, 0.05) is 0 Å². The highest BCUT2D eigenvalue weighted by Gasteiger charge is 2.17. The lowest BCUT2D eigenvalue weighted by Crippen LogP contribution is -2.15. The van der Waals surface area contributed by atoms with E-state index in [9.17, 15) is 8.42 Å². The molecule has 0 radical (unpaired) electrons. The molecule has 2 aromatic carbocycles. The molecule has 0 fully saturated rings. The molecule has 0 aliphatic rings. The highest BCUT2D eigenvalue weighted by atomic mass is 32.2. The van der Waals surface area contributed by atoms with Gasteiger partial charge in [0.05, 0.1) is 10.6 Å². The van der Waals surface area contributed by atoms with Crippen molar-refractivity contribution in [3.8, 4) is 0 Å². The zero-order valence-corrected chi connectivity index (χ0v) is 14.0. The van der Waals surface area contributed by atoms with E-state index in [2.05, 4.69) is 18.6 Å². The molecule has 0 amide bonds. The van der Waals surface area contributed by atoms with Crippen molar-refractivity contribution in [1.82, 2.24) is 0 Å². The van der Waals surface area contributed by atoms with Crippen LogP contribution in [0.25, 0.3) is 0 Å². The molecule has 1 N–H and O–H groups in total. The Labute approximate surface area is 133 Å². The summed E-state index contributed by atoms with van der Waals surface area (Å²) in [7, 11) is -3.54. The minimum atomic E-state index is -3.54. The van der Waals surface area contributed by atoms with Gasteiger partial charge >= 0.3 is 0 Å². The van der Waals surface area contributed by atoms with Crippen LogP contribution in [0.1, 0.15) is 37.8 Å². The van der Waals surface area contributed by atoms with Crippen LogP contribution >= 0.6 is 0 Å². The van der Waals surface area contributed by atoms with Gasteiger partial charge < -0.3 is 0 Å². The quantitative estimate of drug-likeness (QED) is 0.823. The van der Waals surface area contributed by atoms with Gasteiger partial charge in [-0.25, -0.2) is 8.42 Å². The highest BCUT2D eigenvalue weighted by Crippen LogP contribution is 2.27. The second-order valence-electron chi connectivity index (χ2n) is 5.37. The first kappa shape index (κ1) is 16.6. The van der Waals surface area contributed by atoms with Crippen LogP contribution in [-0.2, 0) is 22.9 Å². The molecule has 0 atom stereocenters. The fraction of sp³-hybridized carbons (Fsp3) is 0.333. The number of para-hydroxylation sites is 1. The number of hydrogen-bond acceptors (Lipinski definition) is 2. The van der Waals surface area contributed by atoms with Crippen molar-refractivity contribution in [2.75, 3.05) is 4.72 Å². The van der Waals surface area contributed by atoms with Crippen LogP contribution in [0.3, 0.4) is 0 Å². The number of hydrogen-bond donors (Lipinski definition) is 1. The maximum atomic E-state index is 12.6. The monoisotopic (exact) mass is 317 g/mol. The predicted octanol–water partition coefficient (Wildman–Crippen LogP) is 4.39. The van der Waals surface area contributed by atoms with Crippen LogP contribution in [-0.4, -0.2) is 8.42 Å².